The molecule has 3 atom stereocenters. The van der Waals surface area contributed by atoms with Gasteiger partial charge >= 0.3 is 0 Å². The van der Waals surface area contributed by atoms with Crippen molar-refractivity contribution in [3.63, 3.8) is 0 Å². The highest BCUT2D eigenvalue weighted by Crippen LogP contribution is 2.27. The molecule has 0 aromatic carbocycles. The molecule has 2 heterocycles. The van der Waals surface area contributed by atoms with Gasteiger partial charge in [-0.3, -0.25) is 0 Å². The third kappa shape index (κ3) is 2.98. The molecule has 2 heteroatoms. The van der Waals surface area contributed by atoms with Gasteiger partial charge in [0.05, 0.1) is 0 Å². The van der Waals surface area contributed by atoms with Crippen LogP contribution >= 0.6 is 0 Å². The van der Waals surface area contributed by atoms with Gasteiger partial charge in [-0.2, -0.15) is 0 Å². The van der Waals surface area contributed by atoms with Crippen LogP contribution in [0, 0.1) is 17.8 Å². The lowest BCUT2D eigenvalue weighted by molar-refractivity contribution is 0.246. The Hall–Kier alpha value is -0.0800. The molecule has 2 aliphatic heterocycles. The van der Waals surface area contributed by atoms with Crippen molar-refractivity contribution in [2.75, 3.05) is 32.7 Å². The molecule has 0 saturated carbocycles. The number of nitrogens with zero attached hydrogens (tertiary/aromatic N) is 1. The average Bonchev–Trinajstić information content (AvgIpc) is 2.84. The fourth-order valence-corrected chi connectivity index (χ4v) is 3.38. The Kier molecular flexibility index (Phi) is 4.66. The van der Waals surface area contributed by atoms with Gasteiger partial charge in [0.25, 0.3) is 0 Å². The second-order valence-electron chi connectivity index (χ2n) is 5.81. The third-order valence-corrected chi connectivity index (χ3v) is 4.52. The summed E-state index contributed by atoms with van der Waals surface area (Å²) in [6, 6.07) is 0. The van der Waals surface area contributed by atoms with Gasteiger partial charge in [0.2, 0.25) is 0 Å². The number of fused-ring (bicyclic) bond motifs is 1. The number of hydrogen-bond donors (Lipinski definition) is 1. The Morgan fingerprint density at radius 1 is 1.19 bits per heavy atom. The zero-order chi connectivity index (χ0) is 11.4. The normalized spacial score (nSPS) is 31.9. The van der Waals surface area contributed by atoms with Crippen LogP contribution in [0.2, 0.25) is 0 Å². The zero-order valence-electron chi connectivity index (χ0n) is 11.0. The largest absolute Gasteiger partial charge is 0.316 e. The first-order chi connectivity index (χ1) is 7.83. The van der Waals surface area contributed by atoms with Crippen LogP contribution in [-0.4, -0.2) is 37.6 Å². The summed E-state index contributed by atoms with van der Waals surface area (Å²) in [5.41, 5.74) is 0. The molecular formula is C14H28N2. The number of rotatable bonds is 6. The molecule has 0 aromatic heterocycles. The first-order valence-electron chi connectivity index (χ1n) is 7.26. The van der Waals surface area contributed by atoms with Crippen LogP contribution in [0.25, 0.3) is 0 Å². The van der Waals surface area contributed by atoms with E-state index < -0.39 is 0 Å². The summed E-state index contributed by atoms with van der Waals surface area (Å²) in [5, 5.41) is 3.52. The SMILES string of the molecule is CCCCC(CC)CN1C[C@H]2CNC[C@H]2C1. The number of likely N-dealkylation sites (tertiary alicyclic amines) is 1. The minimum absolute atomic E-state index is 0.951. The van der Waals surface area contributed by atoms with Crippen LogP contribution in [0.5, 0.6) is 0 Å². The second kappa shape index (κ2) is 6.02. The zero-order valence-corrected chi connectivity index (χ0v) is 11.0. The van der Waals surface area contributed by atoms with Gasteiger partial charge < -0.3 is 10.2 Å². The minimum Gasteiger partial charge on any atom is -0.316 e. The molecule has 2 aliphatic rings. The van der Waals surface area contributed by atoms with Gasteiger partial charge in [0.15, 0.2) is 0 Å². The molecule has 0 spiro atoms. The topological polar surface area (TPSA) is 15.3 Å². The maximum atomic E-state index is 3.52. The number of hydrogen-bond acceptors (Lipinski definition) is 2. The van der Waals surface area contributed by atoms with Gasteiger partial charge in [-0.05, 0) is 37.3 Å². The first kappa shape index (κ1) is 12.4. The molecule has 0 bridgehead atoms. The van der Waals surface area contributed by atoms with Gasteiger partial charge in [0, 0.05) is 19.6 Å². The van der Waals surface area contributed by atoms with Crippen molar-refractivity contribution in [2.45, 2.75) is 39.5 Å². The van der Waals surface area contributed by atoms with E-state index in [0.29, 0.717) is 0 Å². The van der Waals surface area contributed by atoms with Crippen LogP contribution < -0.4 is 5.32 Å². The minimum atomic E-state index is 0.951. The van der Waals surface area contributed by atoms with E-state index in [-0.39, 0.29) is 0 Å². The van der Waals surface area contributed by atoms with Crippen LogP contribution in [0.3, 0.4) is 0 Å². The van der Waals surface area contributed by atoms with Gasteiger partial charge in [0.1, 0.15) is 0 Å². The van der Waals surface area contributed by atoms with Crippen molar-refractivity contribution in [1.82, 2.24) is 10.2 Å². The summed E-state index contributed by atoms with van der Waals surface area (Å²) in [6.07, 6.45) is 5.58. The lowest BCUT2D eigenvalue weighted by atomic mass is 9.99. The molecule has 0 aromatic rings. The molecule has 1 unspecified atom stereocenters. The monoisotopic (exact) mass is 224 g/mol. The fraction of sp³-hybridized carbons (Fsp3) is 1.00. The summed E-state index contributed by atoms with van der Waals surface area (Å²) < 4.78 is 0. The van der Waals surface area contributed by atoms with E-state index in [2.05, 4.69) is 24.1 Å². The number of nitrogens with one attached hydrogen (secondary N) is 1. The Morgan fingerprint density at radius 3 is 2.44 bits per heavy atom. The van der Waals surface area contributed by atoms with Crippen molar-refractivity contribution in [3.05, 3.63) is 0 Å². The van der Waals surface area contributed by atoms with Gasteiger partial charge in [-0.1, -0.05) is 33.1 Å². The number of unbranched alkanes of at least 4 members (excludes halogenated alkanes) is 1. The van der Waals surface area contributed by atoms with Crippen molar-refractivity contribution < 1.29 is 0 Å². The standard InChI is InChI=1S/C14H28N2/c1-3-5-6-12(4-2)9-16-10-13-7-15-8-14(13)11-16/h12-15H,3-11H2,1-2H3/t12?,13-,14+. The second-order valence-corrected chi connectivity index (χ2v) is 5.81. The maximum Gasteiger partial charge on any atom is 0.00257 e. The summed E-state index contributed by atoms with van der Waals surface area (Å²) in [6.45, 7) is 11.3. The lowest BCUT2D eigenvalue weighted by Crippen LogP contribution is -2.30. The molecular weight excluding hydrogens is 196 g/mol. The molecule has 0 radical (unpaired) electrons. The van der Waals surface area contributed by atoms with Gasteiger partial charge in [-0.15, -0.1) is 0 Å². The molecule has 2 rings (SSSR count). The molecule has 0 amide bonds. The summed E-state index contributed by atoms with van der Waals surface area (Å²) in [7, 11) is 0. The quantitative estimate of drug-likeness (QED) is 0.745. The van der Waals surface area contributed by atoms with Crippen molar-refractivity contribution in [3.8, 4) is 0 Å². The van der Waals surface area contributed by atoms with E-state index in [1.807, 2.05) is 0 Å². The maximum absolute atomic E-state index is 3.52. The highest BCUT2D eigenvalue weighted by Gasteiger charge is 2.36. The summed E-state index contributed by atoms with van der Waals surface area (Å²) in [5.74, 6) is 2.87. The Balaban J connectivity index is 1.72. The predicted molar refractivity (Wildman–Crippen MR) is 69.6 cm³/mol. The van der Waals surface area contributed by atoms with E-state index in [1.165, 1.54) is 58.4 Å². The van der Waals surface area contributed by atoms with Crippen molar-refractivity contribution in [2.24, 2.45) is 17.8 Å². The highest BCUT2D eigenvalue weighted by molar-refractivity contribution is 4.91. The molecule has 0 aliphatic carbocycles. The Bertz CT molecular complexity index is 193. The molecule has 2 nitrogen and oxygen atoms in total. The smallest absolute Gasteiger partial charge is 0.00257 e. The predicted octanol–water partition coefficient (Wildman–Crippen LogP) is 2.35. The average molecular weight is 224 g/mol. The van der Waals surface area contributed by atoms with Crippen molar-refractivity contribution in [1.29, 1.82) is 0 Å². The summed E-state index contributed by atoms with van der Waals surface area (Å²) >= 11 is 0. The Morgan fingerprint density at radius 2 is 1.88 bits per heavy atom. The van der Waals surface area contributed by atoms with Gasteiger partial charge in [-0.25, -0.2) is 0 Å². The van der Waals surface area contributed by atoms with E-state index in [9.17, 15) is 0 Å². The van der Waals surface area contributed by atoms with Crippen LogP contribution in [0.1, 0.15) is 39.5 Å². The molecule has 2 saturated heterocycles. The molecule has 94 valence electrons. The van der Waals surface area contributed by atoms with Crippen LogP contribution in [0.15, 0.2) is 0 Å². The summed E-state index contributed by atoms with van der Waals surface area (Å²) in [4.78, 5) is 2.74. The fourth-order valence-electron chi connectivity index (χ4n) is 3.38. The molecule has 2 fully saturated rings. The Labute approximate surface area is 101 Å². The van der Waals surface area contributed by atoms with Crippen LogP contribution in [0.4, 0.5) is 0 Å². The van der Waals surface area contributed by atoms with Crippen LogP contribution in [-0.2, 0) is 0 Å². The first-order valence-corrected chi connectivity index (χ1v) is 7.26. The van der Waals surface area contributed by atoms with E-state index in [0.717, 1.165) is 17.8 Å². The molecule has 16 heavy (non-hydrogen) atoms. The third-order valence-electron chi connectivity index (χ3n) is 4.52. The lowest BCUT2D eigenvalue weighted by Gasteiger charge is -2.23. The highest BCUT2D eigenvalue weighted by atomic mass is 15.2. The van der Waals surface area contributed by atoms with Crippen molar-refractivity contribution >= 4 is 0 Å². The van der Waals surface area contributed by atoms with E-state index >= 15 is 0 Å². The van der Waals surface area contributed by atoms with E-state index in [4.69, 9.17) is 0 Å². The van der Waals surface area contributed by atoms with E-state index in [1.54, 1.807) is 0 Å². The molecule has 1 N–H and O–H groups in total.